The van der Waals surface area contributed by atoms with Crippen LogP contribution in [0.5, 0.6) is 5.75 Å². The molecule has 132 valence electrons. The van der Waals surface area contributed by atoms with Crippen LogP contribution in [0.1, 0.15) is 5.76 Å². The monoisotopic (exact) mass is 360 g/mol. The summed E-state index contributed by atoms with van der Waals surface area (Å²) in [4.78, 5) is 2.14. The van der Waals surface area contributed by atoms with Gasteiger partial charge in [0.1, 0.15) is 11.5 Å². The molecule has 1 saturated heterocycles. The Morgan fingerprint density at radius 1 is 1.24 bits per heavy atom. The second kappa shape index (κ2) is 8.50. The van der Waals surface area contributed by atoms with Gasteiger partial charge >= 0.3 is 0 Å². The average molecular weight is 360 g/mol. The summed E-state index contributed by atoms with van der Waals surface area (Å²) in [5.74, 6) is 2.17. The maximum absolute atomic E-state index is 5.76. The number of hydrogen-bond acceptors (Lipinski definition) is 6. The summed E-state index contributed by atoms with van der Waals surface area (Å²) in [6, 6.07) is 11.3. The maximum Gasteiger partial charge on any atom is 0.196 e. The fourth-order valence-corrected chi connectivity index (χ4v) is 2.58. The van der Waals surface area contributed by atoms with Crippen molar-refractivity contribution in [2.24, 2.45) is 5.10 Å². The molecular formula is C17H20N4O3S. The van der Waals surface area contributed by atoms with Crippen LogP contribution < -0.4 is 20.4 Å². The zero-order valence-electron chi connectivity index (χ0n) is 13.9. The Bertz CT molecular complexity index is 741. The molecule has 8 heteroatoms. The molecule has 7 nitrogen and oxygen atoms in total. The predicted octanol–water partition coefficient (Wildman–Crippen LogP) is 2.45. The molecule has 0 atom stereocenters. The minimum atomic E-state index is 0.362. The zero-order chi connectivity index (χ0) is 17.5. The first-order chi connectivity index (χ1) is 12.3. The van der Waals surface area contributed by atoms with Crippen molar-refractivity contribution in [1.29, 1.82) is 0 Å². The van der Waals surface area contributed by atoms with Gasteiger partial charge in [0.15, 0.2) is 11.0 Å². The van der Waals surface area contributed by atoms with Gasteiger partial charge < -0.3 is 24.1 Å². The van der Waals surface area contributed by atoms with Crippen LogP contribution in [0.2, 0.25) is 0 Å². The van der Waals surface area contributed by atoms with Gasteiger partial charge in [-0.2, -0.15) is 5.10 Å². The highest BCUT2D eigenvalue weighted by molar-refractivity contribution is 7.80. The van der Waals surface area contributed by atoms with Crippen molar-refractivity contribution >= 4 is 35.1 Å². The molecule has 0 bridgehead atoms. The van der Waals surface area contributed by atoms with Gasteiger partial charge in [-0.1, -0.05) is 12.1 Å². The molecular weight excluding hydrogens is 340 g/mol. The quantitative estimate of drug-likeness (QED) is 0.482. The summed E-state index contributed by atoms with van der Waals surface area (Å²) < 4.78 is 16.4. The number of hydrazone groups is 1. The lowest BCUT2D eigenvalue weighted by Gasteiger charge is -2.26. The van der Waals surface area contributed by atoms with E-state index in [-0.39, 0.29) is 0 Å². The van der Waals surface area contributed by atoms with E-state index in [2.05, 4.69) is 20.7 Å². The number of methoxy groups -OCH3 is 1. The van der Waals surface area contributed by atoms with Crippen molar-refractivity contribution in [3.05, 3.63) is 42.2 Å². The van der Waals surface area contributed by atoms with Gasteiger partial charge in [0.25, 0.3) is 0 Å². The summed E-state index contributed by atoms with van der Waals surface area (Å²) >= 11 is 5.22. The highest BCUT2D eigenvalue weighted by atomic mass is 32.1. The second-order valence-corrected chi connectivity index (χ2v) is 5.71. The van der Waals surface area contributed by atoms with Crippen molar-refractivity contribution < 1.29 is 13.9 Å². The molecule has 2 N–H and O–H groups in total. The topological polar surface area (TPSA) is 71.3 Å². The fourth-order valence-electron chi connectivity index (χ4n) is 2.42. The Morgan fingerprint density at radius 2 is 2.04 bits per heavy atom. The van der Waals surface area contributed by atoms with Crippen LogP contribution in [0.25, 0.3) is 0 Å². The first-order valence-corrected chi connectivity index (χ1v) is 8.32. The highest BCUT2D eigenvalue weighted by Gasteiger charge is 2.14. The van der Waals surface area contributed by atoms with Crippen molar-refractivity contribution in [2.75, 3.05) is 43.6 Å². The minimum absolute atomic E-state index is 0.362. The molecule has 1 aromatic carbocycles. The van der Waals surface area contributed by atoms with Gasteiger partial charge in [-0.3, -0.25) is 5.43 Å². The Kier molecular flexibility index (Phi) is 5.86. The Hall–Kier alpha value is -2.58. The number of furan rings is 1. The Balaban J connectivity index is 1.52. The van der Waals surface area contributed by atoms with Gasteiger partial charge in [0.05, 0.1) is 32.2 Å². The van der Waals surface area contributed by atoms with E-state index in [0.717, 1.165) is 24.7 Å². The van der Waals surface area contributed by atoms with Gasteiger partial charge in [-0.05, 0) is 30.4 Å². The van der Waals surface area contributed by atoms with Crippen molar-refractivity contribution in [1.82, 2.24) is 5.43 Å². The number of hydrogen-bond donors (Lipinski definition) is 2. The van der Waals surface area contributed by atoms with E-state index in [1.54, 1.807) is 13.3 Å². The van der Waals surface area contributed by atoms with E-state index in [0.29, 0.717) is 29.8 Å². The largest absolute Gasteiger partial charge is 0.495 e. The molecule has 2 aromatic rings. The molecule has 0 spiro atoms. The predicted molar refractivity (Wildman–Crippen MR) is 102 cm³/mol. The highest BCUT2D eigenvalue weighted by Crippen LogP contribution is 2.22. The normalized spacial score (nSPS) is 14.5. The van der Waals surface area contributed by atoms with E-state index < -0.39 is 0 Å². The van der Waals surface area contributed by atoms with E-state index in [1.807, 2.05) is 36.4 Å². The number of nitrogens with zero attached hydrogens (tertiary/aromatic N) is 2. The number of thiocarbonyl (C=S) groups is 1. The first kappa shape index (κ1) is 17.2. The van der Waals surface area contributed by atoms with Crippen LogP contribution >= 0.6 is 12.2 Å². The van der Waals surface area contributed by atoms with Crippen LogP contribution in [0, 0.1) is 0 Å². The standard InChI is InChI=1S/C17H20N4O3S/c1-22-15-5-3-2-4-14(15)19-17(25)20-18-12-13-6-7-16(24-13)21-8-10-23-11-9-21/h2-7,12H,8-11H2,1H3,(H2,19,20,25)/b18-12+. The molecule has 1 fully saturated rings. The van der Waals surface area contributed by atoms with E-state index in [9.17, 15) is 0 Å². The van der Waals surface area contributed by atoms with Crippen LogP contribution in [-0.4, -0.2) is 44.7 Å². The number of rotatable bonds is 5. The number of benzene rings is 1. The zero-order valence-corrected chi connectivity index (χ0v) is 14.7. The SMILES string of the molecule is COc1ccccc1NC(=S)N/N=C/c1ccc(N2CCOCC2)o1. The summed E-state index contributed by atoms with van der Waals surface area (Å²) in [5.41, 5.74) is 3.53. The lowest BCUT2D eigenvalue weighted by molar-refractivity contribution is 0.120. The molecule has 1 aromatic heterocycles. The van der Waals surface area contributed by atoms with Gasteiger partial charge in [-0.15, -0.1) is 0 Å². The minimum Gasteiger partial charge on any atom is -0.495 e. The van der Waals surface area contributed by atoms with Gasteiger partial charge in [0, 0.05) is 19.2 Å². The van der Waals surface area contributed by atoms with E-state index in [4.69, 9.17) is 26.1 Å². The third-order valence-corrected chi connectivity index (χ3v) is 3.84. The number of anilines is 2. The number of nitrogens with one attached hydrogen (secondary N) is 2. The molecule has 0 saturated carbocycles. The molecule has 0 aliphatic carbocycles. The summed E-state index contributed by atoms with van der Waals surface area (Å²) in [6.07, 6.45) is 1.58. The fraction of sp³-hybridized carbons (Fsp3) is 0.294. The Morgan fingerprint density at radius 3 is 2.84 bits per heavy atom. The third kappa shape index (κ3) is 4.71. The Labute approximate surface area is 151 Å². The average Bonchev–Trinajstić information content (AvgIpc) is 3.12. The molecule has 0 radical (unpaired) electrons. The summed E-state index contributed by atoms with van der Waals surface area (Å²) in [5, 5.41) is 7.49. The number of para-hydroxylation sites is 2. The third-order valence-electron chi connectivity index (χ3n) is 3.65. The summed E-state index contributed by atoms with van der Waals surface area (Å²) in [6.45, 7) is 3.09. The van der Waals surface area contributed by atoms with Crippen LogP contribution in [0.3, 0.4) is 0 Å². The second-order valence-electron chi connectivity index (χ2n) is 5.30. The molecule has 0 unspecified atom stereocenters. The van der Waals surface area contributed by atoms with Gasteiger partial charge in [0.2, 0.25) is 0 Å². The van der Waals surface area contributed by atoms with E-state index in [1.165, 1.54) is 0 Å². The summed E-state index contributed by atoms with van der Waals surface area (Å²) in [7, 11) is 1.61. The van der Waals surface area contributed by atoms with Gasteiger partial charge in [-0.25, -0.2) is 0 Å². The first-order valence-electron chi connectivity index (χ1n) is 7.92. The van der Waals surface area contributed by atoms with Crippen LogP contribution in [0.4, 0.5) is 11.6 Å². The maximum atomic E-state index is 5.76. The van der Waals surface area contributed by atoms with Crippen molar-refractivity contribution in [2.45, 2.75) is 0 Å². The lowest BCUT2D eigenvalue weighted by Crippen LogP contribution is -2.35. The van der Waals surface area contributed by atoms with Crippen LogP contribution in [-0.2, 0) is 4.74 Å². The molecule has 25 heavy (non-hydrogen) atoms. The molecule has 1 aliphatic heterocycles. The van der Waals surface area contributed by atoms with Crippen LogP contribution in [0.15, 0.2) is 45.9 Å². The number of morpholine rings is 1. The molecule has 1 aliphatic rings. The smallest absolute Gasteiger partial charge is 0.196 e. The molecule has 3 rings (SSSR count). The molecule has 0 amide bonds. The number of ether oxygens (including phenoxy) is 2. The van der Waals surface area contributed by atoms with E-state index >= 15 is 0 Å². The van der Waals surface area contributed by atoms with Crippen molar-refractivity contribution in [3.63, 3.8) is 0 Å². The van der Waals surface area contributed by atoms with Crippen molar-refractivity contribution in [3.8, 4) is 5.75 Å². The lowest BCUT2D eigenvalue weighted by atomic mass is 10.3. The molecule has 2 heterocycles.